The van der Waals surface area contributed by atoms with Gasteiger partial charge in [-0.15, -0.1) is 0 Å². The molecule has 4 nitrogen and oxygen atoms in total. The first-order valence-electron chi connectivity index (χ1n) is 3.82. The van der Waals surface area contributed by atoms with Gasteiger partial charge in [-0.2, -0.15) is 8.75 Å². The Morgan fingerprint density at radius 3 is 2.54 bits per heavy atom. The Labute approximate surface area is 86.5 Å². The molecular formula is C7H12ClN3OS. The molecule has 0 saturated heterocycles. The Balaban J connectivity index is 2.69. The van der Waals surface area contributed by atoms with E-state index in [1.807, 2.05) is 7.05 Å². The van der Waals surface area contributed by atoms with Gasteiger partial charge in [-0.3, -0.25) is 0 Å². The number of aromatic nitrogens is 2. The minimum Gasteiger partial charge on any atom is -0.389 e. The Kier molecular flexibility index (Phi) is 3.10. The van der Waals surface area contributed by atoms with Gasteiger partial charge in [-0.25, -0.2) is 0 Å². The molecule has 1 aromatic heterocycles. The van der Waals surface area contributed by atoms with Gasteiger partial charge in [0.15, 0.2) is 11.0 Å². The summed E-state index contributed by atoms with van der Waals surface area (Å²) in [6.45, 7) is 3.94. The van der Waals surface area contributed by atoms with Gasteiger partial charge in [0, 0.05) is 13.6 Å². The number of nitrogens with zero attached hydrogens (tertiary/aromatic N) is 3. The van der Waals surface area contributed by atoms with Crippen LogP contribution in [0.15, 0.2) is 0 Å². The van der Waals surface area contributed by atoms with Gasteiger partial charge in [-0.1, -0.05) is 11.6 Å². The van der Waals surface area contributed by atoms with E-state index >= 15 is 0 Å². The second kappa shape index (κ2) is 3.77. The van der Waals surface area contributed by atoms with Crippen molar-refractivity contribution in [1.29, 1.82) is 0 Å². The summed E-state index contributed by atoms with van der Waals surface area (Å²) < 4.78 is 7.85. The van der Waals surface area contributed by atoms with Gasteiger partial charge in [0.2, 0.25) is 0 Å². The molecule has 0 atom stereocenters. The molecule has 0 radical (unpaired) electrons. The van der Waals surface area contributed by atoms with Crippen LogP contribution >= 0.6 is 23.3 Å². The fourth-order valence-corrected chi connectivity index (χ4v) is 1.88. The fourth-order valence-electron chi connectivity index (χ4n) is 1.06. The number of likely N-dealkylation sites (N-methyl/N-ethyl adjacent to an activating group) is 1. The molecule has 0 amide bonds. The Morgan fingerprint density at radius 1 is 1.54 bits per heavy atom. The van der Waals surface area contributed by atoms with Crippen molar-refractivity contribution in [2.45, 2.75) is 19.4 Å². The lowest BCUT2D eigenvalue weighted by atomic mass is 10.1. The molecule has 0 aromatic carbocycles. The van der Waals surface area contributed by atoms with Gasteiger partial charge < -0.3 is 10.0 Å². The van der Waals surface area contributed by atoms with Crippen molar-refractivity contribution in [3.8, 4) is 0 Å². The minimum absolute atomic E-state index is 0.386. The Hall–Kier alpha value is -0.390. The van der Waals surface area contributed by atoms with E-state index in [0.29, 0.717) is 17.5 Å². The quantitative estimate of drug-likeness (QED) is 0.839. The van der Waals surface area contributed by atoms with E-state index in [1.54, 1.807) is 18.7 Å². The Morgan fingerprint density at radius 2 is 2.15 bits per heavy atom. The molecule has 0 spiro atoms. The van der Waals surface area contributed by atoms with Crippen molar-refractivity contribution < 1.29 is 5.11 Å². The fraction of sp³-hybridized carbons (Fsp3) is 0.714. The lowest BCUT2D eigenvalue weighted by Crippen LogP contribution is -2.36. The number of halogens is 1. The van der Waals surface area contributed by atoms with Crippen LogP contribution in [0.2, 0.25) is 5.15 Å². The maximum absolute atomic E-state index is 9.55. The monoisotopic (exact) mass is 221 g/mol. The molecule has 0 aliphatic carbocycles. The summed E-state index contributed by atoms with van der Waals surface area (Å²) in [6.07, 6.45) is 0. The van der Waals surface area contributed by atoms with Crippen LogP contribution in [0.5, 0.6) is 0 Å². The second-order valence-corrected chi connectivity index (χ2v) is 4.43. The van der Waals surface area contributed by atoms with E-state index in [1.165, 1.54) is 0 Å². The number of hydrogen-bond donors (Lipinski definition) is 1. The molecule has 0 fully saturated rings. The molecule has 1 rings (SSSR count). The number of anilines is 1. The van der Waals surface area contributed by atoms with E-state index in [2.05, 4.69) is 8.75 Å². The van der Waals surface area contributed by atoms with Gasteiger partial charge in [0.05, 0.1) is 17.3 Å². The van der Waals surface area contributed by atoms with E-state index < -0.39 is 5.60 Å². The smallest absolute Gasteiger partial charge is 0.187 e. The summed E-state index contributed by atoms with van der Waals surface area (Å²) in [7, 11) is 1.82. The average Bonchev–Trinajstić information content (AvgIpc) is 2.30. The van der Waals surface area contributed by atoms with Crippen LogP contribution in [0.1, 0.15) is 13.8 Å². The van der Waals surface area contributed by atoms with Crippen LogP contribution in [-0.4, -0.2) is 33.0 Å². The van der Waals surface area contributed by atoms with Gasteiger partial charge in [-0.05, 0) is 13.8 Å². The van der Waals surface area contributed by atoms with Crippen molar-refractivity contribution in [3.63, 3.8) is 0 Å². The molecule has 1 heterocycles. The molecule has 0 aliphatic rings. The molecule has 0 unspecified atom stereocenters. The molecule has 0 saturated carbocycles. The zero-order chi connectivity index (χ0) is 10.1. The molecule has 6 heteroatoms. The standard InChI is InChI=1S/C7H12ClN3OS/c1-7(2,12)4-11(3)6-5(8)9-13-10-6/h12H,4H2,1-3H3. The molecule has 74 valence electrons. The third-order valence-electron chi connectivity index (χ3n) is 1.42. The van der Waals surface area contributed by atoms with Gasteiger partial charge in [0.1, 0.15) is 0 Å². The summed E-state index contributed by atoms with van der Waals surface area (Å²) in [6, 6.07) is 0. The first kappa shape index (κ1) is 10.7. The van der Waals surface area contributed by atoms with Crippen LogP contribution in [0.25, 0.3) is 0 Å². The molecule has 0 aliphatic heterocycles. The SMILES string of the molecule is CN(CC(C)(C)O)c1nsnc1Cl. The molecule has 1 N–H and O–H groups in total. The van der Waals surface area contributed by atoms with E-state index in [9.17, 15) is 5.11 Å². The van der Waals surface area contributed by atoms with Crippen molar-refractivity contribution in [2.75, 3.05) is 18.5 Å². The highest BCUT2D eigenvalue weighted by Gasteiger charge is 2.19. The van der Waals surface area contributed by atoms with Gasteiger partial charge >= 0.3 is 0 Å². The second-order valence-electron chi connectivity index (χ2n) is 3.55. The van der Waals surface area contributed by atoms with Crippen molar-refractivity contribution in [1.82, 2.24) is 8.75 Å². The largest absolute Gasteiger partial charge is 0.389 e. The first-order valence-corrected chi connectivity index (χ1v) is 4.92. The molecule has 1 aromatic rings. The van der Waals surface area contributed by atoms with Crippen molar-refractivity contribution in [2.24, 2.45) is 0 Å². The van der Waals surface area contributed by atoms with Crippen molar-refractivity contribution in [3.05, 3.63) is 5.15 Å². The third-order valence-corrected chi connectivity index (χ3v) is 2.29. The number of hydrogen-bond acceptors (Lipinski definition) is 5. The van der Waals surface area contributed by atoms with E-state index in [4.69, 9.17) is 11.6 Å². The summed E-state index contributed by atoms with van der Waals surface area (Å²) in [5.74, 6) is 0.619. The zero-order valence-corrected chi connectivity index (χ0v) is 9.35. The number of rotatable bonds is 3. The van der Waals surface area contributed by atoms with E-state index in [0.717, 1.165) is 11.7 Å². The maximum atomic E-state index is 9.55. The predicted octanol–water partition coefficient (Wildman–Crippen LogP) is 1.40. The lowest BCUT2D eigenvalue weighted by molar-refractivity contribution is 0.0885. The van der Waals surface area contributed by atoms with Crippen LogP contribution in [0, 0.1) is 0 Å². The van der Waals surface area contributed by atoms with Crippen molar-refractivity contribution >= 4 is 29.1 Å². The highest BCUT2D eigenvalue weighted by atomic mass is 35.5. The number of aliphatic hydroxyl groups is 1. The molecular weight excluding hydrogens is 210 g/mol. The summed E-state index contributed by atoms with van der Waals surface area (Å²) >= 11 is 6.84. The van der Waals surface area contributed by atoms with Crippen LogP contribution in [0.4, 0.5) is 5.82 Å². The average molecular weight is 222 g/mol. The van der Waals surface area contributed by atoms with Crippen LogP contribution in [0.3, 0.4) is 0 Å². The predicted molar refractivity (Wildman–Crippen MR) is 54.5 cm³/mol. The summed E-state index contributed by atoms with van der Waals surface area (Å²) in [4.78, 5) is 1.78. The molecule has 13 heavy (non-hydrogen) atoms. The van der Waals surface area contributed by atoms with E-state index in [-0.39, 0.29) is 0 Å². The third kappa shape index (κ3) is 3.10. The van der Waals surface area contributed by atoms with Crippen LogP contribution < -0.4 is 4.90 Å². The van der Waals surface area contributed by atoms with Gasteiger partial charge in [0.25, 0.3) is 0 Å². The molecule has 0 bridgehead atoms. The Bertz CT molecular complexity index is 284. The summed E-state index contributed by atoms with van der Waals surface area (Å²) in [5.41, 5.74) is -0.762. The normalized spacial score (nSPS) is 11.8. The topological polar surface area (TPSA) is 49.2 Å². The summed E-state index contributed by atoms with van der Waals surface area (Å²) in [5, 5.41) is 9.93. The first-order chi connectivity index (χ1) is 5.90. The lowest BCUT2D eigenvalue weighted by Gasteiger charge is -2.25. The minimum atomic E-state index is -0.762. The highest BCUT2D eigenvalue weighted by Crippen LogP contribution is 2.22. The van der Waals surface area contributed by atoms with Crippen LogP contribution in [-0.2, 0) is 0 Å². The zero-order valence-electron chi connectivity index (χ0n) is 7.78. The maximum Gasteiger partial charge on any atom is 0.187 e. The highest BCUT2D eigenvalue weighted by molar-refractivity contribution is 6.99.